The second-order valence-corrected chi connectivity index (χ2v) is 6.31. The Morgan fingerprint density at radius 3 is 3.20 bits per heavy atom. The molecule has 0 unspecified atom stereocenters. The molecule has 3 nitrogen and oxygen atoms in total. The quantitative estimate of drug-likeness (QED) is 0.813. The zero-order valence-corrected chi connectivity index (χ0v) is 12.6. The van der Waals surface area contributed by atoms with Crippen LogP contribution >= 0.6 is 23.4 Å². The zero-order chi connectivity index (χ0) is 13.7. The van der Waals surface area contributed by atoms with Crippen LogP contribution in [0.15, 0.2) is 38.8 Å². The molecule has 2 aliphatic rings. The number of halogens is 1. The first-order chi connectivity index (χ1) is 9.78. The van der Waals surface area contributed by atoms with E-state index in [9.17, 15) is 0 Å². The van der Waals surface area contributed by atoms with E-state index < -0.39 is 0 Å². The molecule has 2 aromatic rings. The van der Waals surface area contributed by atoms with Crippen molar-refractivity contribution in [3.63, 3.8) is 0 Å². The fourth-order valence-electron chi connectivity index (χ4n) is 2.76. The maximum absolute atomic E-state index is 6.34. The molecule has 0 atom stereocenters. The number of fused-ring (bicyclic) bond motifs is 2. The number of thioether (sulfide) groups is 1. The number of rotatable bonds is 2. The fraction of sp³-hybridized carbons (Fsp3) is 0.267. The highest BCUT2D eigenvalue weighted by Crippen LogP contribution is 2.44. The van der Waals surface area contributed by atoms with Crippen molar-refractivity contribution in [2.24, 2.45) is 4.99 Å². The summed E-state index contributed by atoms with van der Waals surface area (Å²) in [7, 11) is 0. The van der Waals surface area contributed by atoms with Crippen molar-refractivity contribution in [2.45, 2.75) is 13.3 Å². The lowest BCUT2D eigenvalue weighted by Crippen LogP contribution is -2.20. The number of aliphatic imine (C=N–C) groups is 1. The third kappa shape index (κ3) is 1.71. The van der Waals surface area contributed by atoms with Crippen LogP contribution in [0.25, 0.3) is 16.7 Å². The maximum Gasteiger partial charge on any atom is 0.168 e. The summed E-state index contributed by atoms with van der Waals surface area (Å²) >= 11 is 8.13. The maximum atomic E-state index is 6.34. The second-order valence-electron chi connectivity index (χ2n) is 4.84. The summed E-state index contributed by atoms with van der Waals surface area (Å²) in [5.41, 5.74) is 3.18. The molecule has 0 aliphatic carbocycles. The van der Waals surface area contributed by atoms with Gasteiger partial charge in [0.1, 0.15) is 0 Å². The third-order valence-corrected chi connectivity index (χ3v) is 5.19. The summed E-state index contributed by atoms with van der Waals surface area (Å²) in [6.07, 6.45) is 2.69. The van der Waals surface area contributed by atoms with E-state index in [-0.39, 0.29) is 0 Å². The van der Waals surface area contributed by atoms with Crippen LogP contribution in [0.1, 0.15) is 18.9 Å². The van der Waals surface area contributed by atoms with Crippen molar-refractivity contribution in [3.8, 4) is 0 Å². The topological polar surface area (TPSA) is 28.7 Å². The van der Waals surface area contributed by atoms with Gasteiger partial charge in [0.2, 0.25) is 0 Å². The Morgan fingerprint density at radius 1 is 1.45 bits per heavy atom. The minimum atomic E-state index is 0.667. The van der Waals surface area contributed by atoms with E-state index in [4.69, 9.17) is 16.0 Å². The van der Waals surface area contributed by atoms with Crippen molar-refractivity contribution in [2.75, 3.05) is 13.1 Å². The average molecular weight is 305 g/mol. The lowest BCUT2D eigenvalue weighted by Gasteiger charge is -2.17. The molecule has 3 heterocycles. The van der Waals surface area contributed by atoms with Crippen LogP contribution < -0.4 is 0 Å². The molecule has 0 spiro atoms. The standard InChI is InChI=1S/C15H13ClN2OS/c1-2-12-13(18-5-4-17-15(18)20-12)10-7-9-3-6-19-14(9)11(16)8-10/h3,6-8H,2,4-5H2,1H3. The molecule has 0 saturated carbocycles. The Morgan fingerprint density at radius 2 is 2.35 bits per heavy atom. The van der Waals surface area contributed by atoms with Gasteiger partial charge in [-0.2, -0.15) is 0 Å². The highest BCUT2D eigenvalue weighted by atomic mass is 35.5. The number of nitrogens with zero attached hydrogens (tertiary/aromatic N) is 2. The molecule has 4 rings (SSSR count). The van der Waals surface area contributed by atoms with Crippen LogP contribution in [0.2, 0.25) is 5.02 Å². The third-order valence-electron chi connectivity index (χ3n) is 3.65. The van der Waals surface area contributed by atoms with Crippen molar-refractivity contribution < 1.29 is 4.42 Å². The van der Waals surface area contributed by atoms with Gasteiger partial charge in [0.25, 0.3) is 0 Å². The molecule has 0 N–H and O–H groups in total. The van der Waals surface area contributed by atoms with E-state index in [1.54, 1.807) is 18.0 Å². The second kappa shape index (κ2) is 4.57. The van der Waals surface area contributed by atoms with Gasteiger partial charge in [-0.1, -0.05) is 30.3 Å². The number of furan rings is 1. The summed E-state index contributed by atoms with van der Waals surface area (Å²) in [5.74, 6) is 0. The Labute approximate surface area is 126 Å². The molecule has 0 amide bonds. The van der Waals surface area contributed by atoms with Gasteiger partial charge in [-0.3, -0.25) is 4.99 Å². The van der Waals surface area contributed by atoms with Crippen molar-refractivity contribution >= 4 is 45.2 Å². The van der Waals surface area contributed by atoms with Crippen LogP contribution in [0.4, 0.5) is 0 Å². The summed E-state index contributed by atoms with van der Waals surface area (Å²) in [5, 5.41) is 2.84. The summed E-state index contributed by atoms with van der Waals surface area (Å²) < 4.78 is 5.42. The SMILES string of the molecule is CCC1=C(c2cc(Cl)c3occc3c2)N2CCN=C2S1. The van der Waals surface area contributed by atoms with Gasteiger partial charge in [0.05, 0.1) is 23.5 Å². The molecule has 0 fully saturated rings. The minimum Gasteiger partial charge on any atom is -0.463 e. The molecule has 0 bridgehead atoms. The van der Waals surface area contributed by atoms with E-state index in [2.05, 4.69) is 22.9 Å². The molecular weight excluding hydrogens is 292 g/mol. The Bertz CT molecular complexity index is 762. The number of hydrogen-bond acceptors (Lipinski definition) is 4. The lowest BCUT2D eigenvalue weighted by atomic mass is 10.1. The van der Waals surface area contributed by atoms with Gasteiger partial charge < -0.3 is 9.32 Å². The fourth-order valence-corrected chi connectivity index (χ4v) is 4.17. The smallest absolute Gasteiger partial charge is 0.168 e. The van der Waals surface area contributed by atoms with E-state index in [0.717, 1.165) is 41.2 Å². The van der Waals surface area contributed by atoms with Crippen molar-refractivity contribution in [3.05, 3.63) is 40.0 Å². The summed E-state index contributed by atoms with van der Waals surface area (Å²) in [4.78, 5) is 8.23. The molecular formula is C15H13ClN2OS. The molecule has 0 radical (unpaired) electrons. The number of benzene rings is 1. The first-order valence-electron chi connectivity index (χ1n) is 6.68. The highest BCUT2D eigenvalue weighted by molar-refractivity contribution is 8.17. The average Bonchev–Trinajstić information content (AvgIpc) is 3.12. The molecule has 1 aromatic heterocycles. The molecule has 20 heavy (non-hydrogen) atoms. The lowest BCUT2D eigenvalue weighted by molar-refractivity contribution is 0.616. The molecule has 2 aliphatic heterocycles. The number of amidine groups is 1. The van der Waals surface area contributed by atoms with Gasteiger partial charge in [0, 0.05) is 22.4 Å². The van der Waals surface area contributed by atoms with Crippen LogP contribution in [-0.4, -0.2) is 23.2 Å². The first kappa shape index (κ1) is 12.4. The largest absolute Gasteiger partial charge is 0.463 e. The van der Waals surface area contributed by atoms with Crippen LogP contribution in [0.3, 0.4) is 0 Å². The normalized spacial score (nSPS) is 18.1. The molecule has 102 valence electrons. The summed E-state index contributed by atoms with van der Waals surface area (Å²) in [6, 6.07) is 6.11. The Balaban J connectivity index is 1.90. The number of allylic oxidation sites excluding steroid dienone is 1. The van der Waals surface area contributed by atoms with Crippen LogP contribution in [0.5, 0.6) is 0 Å². The van der Waals surface area contributed by atoms with Gasteiger partial charge in [0.15, 0.2) is 10.8 Å². The predicted octanol–water partition coefficient (Wildman–Crippen LogP) is 4.58. The van der Waals surface area contributed by atoms with E-state index >= 15 is 0 Å². The van der Waals surface area contributed by atoms with E-state index in [0.29, 0.717) is 5.02 Å². The highest BCUT2D eigenvalue weighted by Gasteiger charge is 2.32. The first-order valence-corrected chi connectivity index (χ1v) is 7.87. The van der Waals surface area contributed by atoms with Gasteiger partial charge in [-0.25, -0.2) is 0 Å². The van der Waals surface area contributed by atoms with Crippen molar-refractivity contribution in [1.82, 2.24) is 4.90 Å². The number of hydrogen-bond donors (Lipinski definition) is 0. The Kier molecular flexibility index (Phi) is 2.82. The predicted molar refractivity (Wildman–Crippen MR) is 85.0 cm³/mol. The minimum absolute atomic E-state index is 0.667. The molecule has 0 saturated heterocycles. The van der Waals surface area contributed by atoms with Crippen LogP contribution in [0, 0.1) is 0 Å². The van der Waals surface area contributed by atoms with Crippen molar-refractivity contribution in [1.29, 1.82) is 0 Å². The molecule has 1 aromatic carbocycles. The Hall–Kier alpha value is -1.39. The summed E-state index contributed by atoms with van der Waals surface area (Å²) in [6.45, 7) is 4.02. The zero-order valence-electron chi connectivity index (χ0n) is 11.0. The van der Waals surface area contributed by atoms with Gasteiger partial charge in [-0.15, -0.1) is 0 Å². The van der Waals surface area contributed by atoms with E-state index in [1.165, 1.54) is 10.6 Å². The van der Waals surface area contributed by atoms with E-state index in [1.807, 2.05) is 12.1 Å². The van der Waals surface area contributed by atoms with Crippen LogP contribution in [-0.2, 0) is 0 Å². The molecule has 5 heteroatoms. The van der Waals surface area contributed by atoms with Gasteiger partial charge in [-0.05, 0) is 24.6 Å². The monoisotopic (exact) mass is 304 g/mol. The van der Waals surface area contributed by atoms with Gasteiger partial charge >= 0.3 is 0 Å².